The maximum atomic E-state index is 12.5. The van der Waals surface area contributed by atoms with E-state index in [1.54, 1.807) is 48.3 Å². The average Bonchev–Trinajstić information content (AvgIpc) is 2.65. The molecule has 1 heterocycles. The first-order valence-electron chi connectivity index (χ1n) is 8.34. The van der Waals surface area contributed by atoms with Crippen LogP contribution in [-0.4, -0.2) is 41.1 Å². The number of nitrogens with zero attached hydrogens (tertiary/aromatic N) is 2. The minimum Gasteiger partial charge on any atom is -0.376 e. The minimum atomic E-state index is -0.513. The Bertz CT molecular complexity index is 851. The summed E-state index contributed by atoms with van der Waals surface area (Å²) in [7, 11) is 1.74. The Balaban J connectivity index is 1.85. The van der Waals surface area contributed by atoms with E-state index in [1.165, 1.54) is 12.1 Å². The van der Waals surface area contributed by atoms with Gasteiger partial charge in [0.05, 0.1) is 4.92 Å². The second-order valence-electron chi connectivity index (χ2n) is 6.33. The third-order valence-electron chi connectivity index (χ3n) is 4.51. The van der Waals surface area contributed by atoms with Crippen molar-refractivity contribution in [2.45, 2.75) is 18.9 Å². The molecule has 0 aliphatic carbocycles. The van der Waals surface area contributed by atoms with Gasteiger partial charge in [-0.25, -0.2) is 0 Å². The van der Waals surface area contributed by atoms with Crippen molar-refractivity contribution in [3.05, 3.63) is 69.8 Å². The number of nitro groups is 1. The molecule has 0 spiro atoms. The van der Waals surface area contributed by atoms with E-state index in [9.17, 15) is 19.7 Å². The summed E-state index contributed by atoms with van der Waals surface area (Å²) in [5.41, 5.74) is 0.886. The lowest BCUT2D eigenvalue weighted by Gasteiger charge is -2.29. The highest BCUT2D eigenvalue weighted by Crippen LogP contribution is 2.29. The van der Waals surface area contributed by atoms with E-state index < -0.39 is 4.92 Å². The predicted octanol–water partition coefficient (Wildman–Crippen LogP) is 2.86. The van der Waals surface area contributed by atoms with Crippen molar-refractivity contribution in [3.8, 4) is 0 Å². The molecule has 0 saturated carbocycles. The number of carbonyl (C=O) groups excluding carboxylic acids is 2. The number of hydrogen-bond acceptors (Lipinski definition) is 5. The van der Waals surface area contributed by atoms with Crippen molar-refractivity contribution in [3.63, 3.8) is 0 Å². The Morgan fingerprint density at radius 3 is 2.58 bits per heavy atom. The monoisotopic (exact) mass is 353 g/mol. The lowest BCUT2D eigenvalue weighted by Crippen LogP contribution is -2.41. The predicted molar refractivity (Wildman–Crippen MR) is 97.3 cm³/mol. The number of carbonyl (C=O) groups is 2. The smallest absolute Gasteiger partial charge is 0.293 e. The van der Waals surface area contributed by atoms with Crippen LogP contribution in [0.1, 0.15) is 28.8 Å². The van der Waals surface area contributed by atoms with Gasteiger partial charge < -0.3 is 10.2 Å². The molecule has 2 aromatic rings. The third-order valence-corrected chi connectivity index (χ3v) is 4.51. The Hall–Kier alpha value is -3.22. The molecule has 1 fully saturated rings. The van der Waals surface area contributed by atoms with Crippen molar-refractivity contribution in [2.24, 2.45) is 0 Å². The number of anilines is 1. The zero-order valence-corrected chi connectivity index (χ0v) is 14.3. The van der Waals surface area contributed by atoms with Gasteiger partial charge in [0.1, 0.15) is 5.69 Å². The van der Waals surface area contributed by atoms with Crippen molar-refractivity contribution in [1.29, 1.82) is 0 Å². The molecular weight excluding hydrogens is 334 g/mol. The van der Waals surface area contributed by atoms with Gasteiger partial charge in [0, 0.05) is 43.2 Å². The highest BCUT2D eigenvalue weighted by molar-refractivity contribution is 6.09. The molecule has 0 aromatic heterocycles. The van der Waals surface area contributed by atoms with E-state index in [1.807, 2.05) is 0 Å². The maximum absolute atomic E-state index is 12.5. The summed E-state index contributed by atoms with van der Waals surface area (Å²) in [5, 5.41) is 14.6. The highest BCUT2D eigenvalue weighted by atomic mass is 16.6. The Morgan fingerprint density at radius 1 is 1.19 bits per heavy atom. The topological polar surface area (TPSA) is 92.6 Å². The van der Waals surface area contributed by atoms with Gasteiger partial charge >= 0.3 is 0 Å². The summed E-state index contributed by atoms with van der Waals surface area (Å²) >= 11 is 0. The first-order chi connectivity index (χ1) is 12.5. The molecule has 26 heavy (non-hydrogen) atoms. The van der Waals surface area contributed by atoms with Crippen LogP contribution in [0.2, 0.25) is 0 Å². The zero-order valence-electron chi connectivity index (χ0n) is 14.3. The van der Waals surface area contributed by atoms with Gasteiger partial charge in [0.2, 0.25) is 5.91 Å². The van der Waals surface area contributed by atoms with Gasteiger partial charge in [-0.05, 0) is 18.6 Å². The van der Waals surface area contributed by atoms with Crippen LogP contribution < -0.4 is 5.32 Å². The Labute approximate surface area is 150 Å². The number of benzene rings is 2. The molecule has 7 heteroatoms. The molecule has 1 atom stereocenters. The first kappa shape index (κ1) is 17.6. The summed E-state index contributed by atoms with van der Waals surface area (Å²) in [6, 6.07) is 12.9. The molecule has 1 aliphatic rings. The van der Waals surface area contributed by atoms with Crippen LogP contribution in [0.5, 0.6) is 0 Å². The van der Waals surface area contributed by atoms with E-state index in [2.05, 4.69) is 5.32 Å². The summed E-state index contributed by atoms with van der Waals surface area (Å²) in [4.78, 5) is 36.9. The van der Waals surface area contributed by atoms with Gasteiger partial charge in [-0.1, -0.05) is 30.3 Å². The molecule has 1 aliphatic heterocycles. The fraction of sp³-hybridized carbons (Fsp3) is 0.263. The zero-order chi connectivity index (χ0) is 18.7. The number of ketones is 1. The molecule has 1 saturated heterocycles. The van der Waals surface area contributed by atoms with Crippen LogP contribution in [0, 0.1) is 10.1 Å². The van der Waals surface area contributed by atoms with Crippen LogP contribution in [0.25, 0.3) is 0 Å². The second kappa shape index (κ2) is 7.35. The van der Waals surface area contributed by atoms with E-state index in [0.29, 0.717) is 30.6 Å². The molecule has 0 radical (unpaired) electrons. The molecule has 1 unspecified atom stereocenters. The molecule has 3 rings (SSSR count). The summed E-state index contributed by atoms with van der Waals surface area (Å²) in [6.07, 6.45) is 1.00. The SMILES string of the molecule is CN1CCC(Nc2ccc(C(=O)c3ccccc3)cc2[N+](=O)[O-])CC1=O. The van der Waals surface area contributed by atoms with Gasteiger partial charge in [-0.3, -0.25) is 19.7 Å². The number of nitrogens with one attached hydrogen (secondary N) is 1. The summed E-state index contributed by atoms with van der Waals surface area (Å²) in [6.45, 7) is 0.606. The van der Waals surface area contributed by atoms with E-state index in [0.717, 1.165) is 0 Å². The number of amides is 1. The lowest BCUT2D eigenvalue weighted by molar-refractivity contribution is -0.384. The average molecular weight is 353 g/mol. The van der Waals surface area contributed by atoms with Gasteiger partial charge in [0.25, 0.3) is 5.69 Å². The van der Waals surface area contributed by atoms with E-state index in [-0.39, 0.29) is 29.0 Å². The first-order valence-corrected chi connectivity index (χ1v) is 8.34. The fourth-order valence-corrected chi connectivity index (χ4v) is 2.99. The second-order valence-corrected chi connectivity index (χ2v) is 6.33. The summed E-state index contributed by atoms with van der Waals surface area (Å²) < 4.78 is 0. The Kier molecular flexibility index (Phi) is 4.97. The molecule has 2 aromatic carbocycles. The number of nitro benzene ring substituents is 1. The molecule has 1 N–H and O–H groups in total. The lowest BCUT2D eigenvalue weighted by atomic mass is 10.0. The van der Waals surface area contributed by atoms with Crippen LogP contribution in [0.15, 0.2) is 48.5 Å². The van der Waals surface area contributed by atoms with Crippen molar-refractivity contribution in [1.82, 2.24) is 4.90 Å². The standard InChI is InChI=1S/C19H19N3O4/c1-21-10-9-15(12-18(21)23)20-16-8-7-14(11-17(16)22(25)26)19(24)13-5-3-2-4-6-13/h2-8,11,15,20H,9-10,12H2,1H3. The molecule has 7 nitrogen and oxygen atoms in total. The highest BCUT2D eigenvalue weighted by Gasteiger charge is 2.26. The van der Waals surface area contributed by atoms with Crippen LogP contribution in [0.3, 0.4) is 0 Å². The molecule has 1 amide bonds. The van der Waals surface area contributed by atoms with Crippen LogP contribution >= 0.6 is 0 Å². The molecule has 134 valence electrons. The van der Waals surface area contributed by atoms with E-state index >= 15 is 0 Å². The maximum Gasteiger partial charge on any atom is 0.293 e. The largest absolute Gasteiger partial charge is 0.376 e. The normalized spacial score (nSPS) is 17.0. The van der Waals surface area contributed by atoms with Gasteiger partial charge in [0.15, 0.2) is 5.78 Å². The van der Waals surface area contributed by atoms with Crippen molar-refractivity contribution < 1.29 is 14.5 Å². The van der Waals surface area contributed by atoms with Gasteiger partial charge in [-0.2, -0.15) is 0 Å². The van der Waals surface area contributed by atoms with Crippen molar-refractivity contribution in [2.75, 3.05) is 18.9 Å². The number of likely N-dealkylation sites (tertiary alicyclic amines) is 1. The number of piperidine rings is 1. The number of rotatable bonds is 5. The quantitative estimate of drug-likeness (QED) is 0.507. The molecular formula is C19H19N3O4. The van der Waals surface area contributed by atoms with Crippen LogP contribution in [-0.2, 0) is 4.79 Å². The third kappa shape index (κ3) is 3.72. The van der Waals surface area contributed by atoms with Gasteiger partial charge in [-0.15, -0.1) is 0 Å². The summed E-state index contributed by atoms with van der Waals surface area (Å²) in [5.74, 6) is -0.262. The minimum absolute atomic E-state index is 0.00674. The fourth-order valence-electron chi connectivity index (χ4n) is 2.99. The molecule has 0 bridgehead atoms. The van der Waals surface area contributed by atoms with Crippen molar-refractivity contribution >= 4 is 23.1 Å². The van der Waals surface area contributed by atoms with E-state index in [4.69, 9.17) is 0 Å². The van der Waals surface area contributed by atoms with Crippen LogP contribution in [0.4, 0.5) is 11.4 Å². The number of hydrogen-bond donors (Lipinski definition) is 1. The Morgan fingerprint density at radius 2 is 1.92 bits per heavy atom.